The second-order valence-corrected chi connectivity index (χ2v) is 4.35. The van der Waals surface area contributed by atoms with Gasteiger partial charge in [-0.25, -0.2) is 9.78 Å². The van der Waals surface area contributed by atoms with Crippen molar-refractivity contribution in [2.24, 2.45) is 0 Å². The molecule has 0 bridgehead atoms. The Labute approximate surface area is 108 Å². The van der Waals surface area contributed by atoms with Crippen LogP contribution >= 0.6 is 0 Å². The lowest BCUT2D eigenvalue weighted by Crippen LogP contribution is -2.04. The molecule has 0 unspecified atom stereocenters. The number of unbranched alkanes of at least 4 members (excludes halogenated alkanes) is 4. The number of nitrogens with zero attached hydrogens (tertiary/aromatic N) is 1. The van der Waals surface area contributed by atoms with Crippen molar-refractivity contribution in [3.05, 3.63) is 23.4 Å². The highest BCUT2D eigenvalue weighted by molar-refractivity contribution is 5.88. The van der Waals surface area contributed by atoms with E-state index in [2.05, 4.69) is 11.9 Å². The number of carbonyl (C=O) groups is 1. The van der Waals surface area contributed by atoms with Crippen molar-refractivity contribution in [1.82, 2.24) is 4.98 Å². The van der Waals surface area contributed by atoms with Gasteiger partial charge in [-0.15, -0.1) is 0 Å². The number of ether oxygens (including phenoxy) is 1. The summed E-state index contributed by atoms with van der Waals surface area (Å²) in [6.07, 6.45) is 5.93. The second-order valence-electron chi connectivity index (χ2n) is 4.35. The first kappa shape index (κ1) is 14.5. The minimum atomic E-state index is -0.953. The highest BCUT2D eigenvalue weighted by Gasteiger charge is 2.08. The van der Waals surface area contributed by atoms with E-state index < -0.39 is 5.97 Å². The van der Waals surface area contributed by atoms with Crippen molar-refractivity contribution in [2.75, 3.05) is 6.61 Å². The first-order chi connectivity index (χ1) is 8.65. The van der Waals surface area contributed by atoms with E-state index in [1.54, 1.807) is 13.0 Å². The van der Waals surface area contributed by atoms with Crippen LogP contribution in [-0.2, 0) is 0 Å². The lowest BCUT2D eigenvalue weighted by atomic mass is 10.2. The summed E-state index contributed by atoms with van der Waals surface area (Å²) < 4.78 is 5.50. The summed E-state index contributed by atoms with van der Waals surface area (Å²) in [5.41, 5.74) is 0.719. The first-order valence-corrected chi connectivity index (χ1v) is 6.49. The largest absolute Gasteiger partial charge is 0.478 e. The number of carboxylic acid groups (broad SMARTS) is 1. The highest BCUT2D eigenvalue weighted by atomic mass is 16.5. The van der Waals surface area contributed by atoms with Crippen molar-refractivity contribution in [3.8, 4) is 5.88 Å². The van der Waals surface area contributed by atoms with Gasteiger partial charge in [-0.05, 0) is 19.4 Å². The van der Waals surface area contributed by atoms with Crippen LogP contribution in [0.15, 0.2) is 12.1 Å². The number of pyridine rings is 1. The van der Waals surface area contributed by atoms with Crippen LogP contribution in [0.5, 0.6) is 5.88 Å². The Morgan fingerprint density at radius 1 is 1.28 bits per heavy atom. The molecule has 0 aliphatic carbocycles. The Morgan fingerprint density at radius 3 is 2.61 bits per heavy atom. The van der Waals surface area contributed by atoms with Crippen molar-refractivity contribution < 1.29 is 14.6 Å². The van der Waals surface area contributed by atoms with Gasteiger partial charge in [0.05, 0.1) is 17.9 Å². The van der Waals surface area contributed by atoms with Crippen LogP contribution in [0.3, 0.4) is 0 Å². The Kier molecular flexibility index (Phi) is 6.19. The number of aromatic nitrogens is 1. The third-order valence-electron chi connectivity index (χ3n) is 2.79. The summed E-state index contributed by atoms with van der Waals surface area (Å²) in [7, 11) is 0. The molecular formula is C14H21NO3. The first-order valence-electron chi connectivity index (χ1n) is 6.49. The molecule has 18 heavy (non-hydrogen) atoms. The summed E-state index contributed by atoms with van der Waals surface area (Å²) in [6, 6.07) is 3.15. The van der Waals surface area contributed by atoms with Gasteiger partial charge in [-0.2, -0.15) is 0 Å². The third-order valence-corrected chi connectivity index (χ3v) is 2.79. The number of aromatic carboxylic acids is 1. The molecule has 1 heterocycles. The average molecular weight is 251 g/mol. The van der Waals surface area contributed by atoms with E-state index in [9.17, 15) is 4.79 Å². The van der Waals surface area contributed by atoms with Crippen LogP contribution in [0.2, 0.25) is 0 Å². The van der Waals surface area contributed by atoms with Crippen LogP contribution in [0.4, 0.5) is 0 Å². The van der Waals surface area contributed by atoms with Crippen LogP contribution in [-0.4, -0.2) is 22.7 Å². The summed E-state index contributed by atoms with van der Waals surface area (Å²) in [4.78, 5) is 14.9. The molecule has 0 saturated heterocycles. The zero-order valence-corrected chi connectivity index (χ0v) is 11.1. The second kappa shape index (κ2) is 7.69. The van der Waals surface area contributed by atoms with Crippen molar-refractivity contribution in [1.29, 1.82) is 0 Å². The summed E-state index contributed by atoms with van der Waals surface area (Å²) in [6.45, 7) is 4.51. The number of hydrogen-bond donors (Lipinski definition) is 1. The van der Waals surface area contributed by atoms with Gasteiger partial charge in [-0.3, -0.25) is 0 Å². The van der Waals surface area contributed by atoms with Gasteiger partial charge in [0, 0.05) is 6.07 Å². The molecular weight excluding hydrogens is 230 g/mol. The molecule has 4 nitrogen and oxygen atoms in total. The van der Waals surface area contributed by atoms with Crippen LogP contribution in [0.25, 0.3) is 0 Å². The Hall–Kier alpha value is -1.58. The molecule has 0 aliphatic rings. The number of rotatable bonds is 8. The maximum Gasteiger partial charge on any atom is 0.337 e. The van der Waals surface area contributed by atoms with Gasteiger partial charge >= 0.3 is 5.97 Å². The van der Waals surface area contributed by atoms with Gasteiger partial charge in [0.15, 0.2) is 0 Å². The molecule has 1 aromatic rings. The van der Waals surface area contributed by atoms with Crippen LogP contribution < -0.4 is 4.74 Å². The average Bonchev–Trinajstić information content (AvgIpc) is 2.33. The summed E-state index contributed by atoms with van der Waals surface area (Å²) in [5, 5.41) is 8.87. The van der Waals surface area contributed by atoms with E-state index in [0.29, 0.717) is 18.2 Å². The Bertz CT molecular complexity index is 391. The molecule has 0 aliphatic heterocycles. The van der Waals surface area contributed by atoms with Gasteiger partial charge in [0.1, 0.15) is 0 Å². The Morgan fingerprint density at radius 2 is 2.00 bits per heavy atom. The Balaban J connectivity index is 2.35. The molecule has 0 radical (unpaired) electrons. The number of carboxylic acids is 1. The predicted octanol–water partition coefficient (Wildman–Crippen LogP) is 3.44. The fourth-order valence-electron chi connectivity index (χ4n) is 1.73. The minimum absolute atomic E-state index is 0.227. The maximum atomic E-state index is 10.8. The molecule has 0 saturated carbocycles. The number of hydrogen-bond acceptors (Lipinski definition) is 3. The lowest BCUT2D eigenvalue weighted by Gasteiger charge is -2.07. The fourth-order valence-corrected chi connectivity index (χ4v) is 1.73. The highest BCUT2D eigenvalue weighted by Crippen LogP contribution is 2.13. The van der Waals surface area contributed by atoms with Gasteiger partial charge in [0.25, 0.3) is 0 Å². The topological polar surface area (TPSA) is 59.4 Å². The zero-order valence-electron chi connectivity index (χ0n) is 11.1. The normalized spacial score (nSPS) is 10.3. The minimum Gasteiger partial charge on any atom is -0.478 e. The summed E-state index contributed by atoms with van der Waals surface area (Å²) >= 11 is 0. The number of aryl methyl sites for hydroxylation is 1. The SMILES string of the molecule is CCCCCCCOc1ccc(C(=O)O)c(C)n1. The zero-order chi connectivity index (χ0) is 13.4. The van der Waals surface area contributed by atoms with E-state index in [4.69, 9.17) is 9.84 Å². The molecule has 1 rings (SSSR count). The van der Waals surface area contributed by atoms with Gasteiger partial charge < -0.3 is 9.84 Å². The molecule has 100 valence electrons. The molecule has 4 heteroatoms. The molecule has 1 aromatic heterocycles. The smallest absolute Gasteiger partial charge is 0.337 e. The fraction of sp³-hybridized carbons (Fsp3) is 0.571. The van der Waals surface area contributed by atoms with Gasteiger partial charge in [0.2, 0.25) is 5.88 Å². The van der Waals surface area contributed by atoms with Crippen LogP contribution in [0.1, 0.15) is 55.1 Å². The van der Waals surface area contributed by atoms with E-state index in [-0.39, 0.29) is 5.56 Å². The van der Waals surface area contributed by atoms with Crippen molar-refractivity contribution >= 4 is 5.97 Å². The molecule has 0 spiro atoms. The maximum absolute atomic E-state index is 10.8. The molecule has 0 amide bonds. The van der Waals surface area contributed by atoms with Crippen molar-refractivity contribution in [3.63, 3.8) is 0 Å². The van der Waals surface area contributed by atoms with Crippen LogP contribution in [0, 0.1) is 6.92 Å². The predicted molar refractivity (Wildman–Crippen MR) is 70.2 cm³/mol. The molecule has 1 N–H and O–H groups in total. The van der Waals surface area contributed by atoms with Crippen molar-refractivity contribution in [2.45, 2.75) is 46.0 Å². The van der Waals surface area contributed by atoms with E-state index in [0.717, 1.165) is 6.42 Å². The molecule has 0 fully saturated rings. The standard InChI is InChI=1S/C14H21NO3/c1-3-4-5-6-7-10-18-13-9-8-12(14(16)17)11(2)15-13/h8-9H,3-7,10H2,1-2H3,(H,16,17). The van der Waals surface area contributed by atoms with E-state index >= 15 is 0 Å². The van der Waals surface area contributed by atoms with E-state index in [1.807, 2.05) is 0 Å². The lowest BCUT2D eigenvalue weighted by molar-refractivity contribution is 0.0695. The monoisotopic (exact) mass is 251 g/mol. The molecule has 0 aromatic carbocycles. The molecule has 0 atom stereocenters. The van der Waals surface area contributed by atoms with Gasteiger partial charge in [-0.1, -0.05) is 32.6 Å². The summed E-state index contributed by atoms with van der Waals surface area (Å²) in [5.74, 6) is -0.445. The third kappa shape index (κ3) is 4.73. The van der Waals surface area contributed by atoms with E-state index in [1.165, 1.54) is 31.7 Å². The quantitative estimate of drug-likeness (QED) is 0.719.